The summed E-state index contributed by atoms with van der Waals surface area (Å²) in [7, 11) is 1.93. The third kappa shape index (κ3) is 4.72. The number of benzene rings is 1. The van der Waals surface area contributed by atoms with E-state index < -0.39 is 6.10 Å². The van der Waals surface area contributed by atoms with Crippen molar-refractivity contribution in [3.63, 3.8) is 0 Å². The number of aromatic nitrogens is 2. The van der Waals surface area contributed by atoms with Crippen molar-refractivity contribution in [1.82, 2.24) is 15.1 Å². The summed E-state index contributed by atoms with van der Waals surface area (Å²) in [5.41, 5.74) is 3.00. The third-order valence-electron chi connectivity index (χ3n) is 3.95. The average molecular weight is 372 g/mol. The largest absolute Gasteiger partial charge is 0.491 e. The summed E-state index contributed by atoms with van der Waals surface area (Å²) in [4.78, 5) is 1.16. The van der Waals surface area contributed by atoms with Gasteiger partial charge in [0.15, 0.2) is 0 Å². The van der Waals surface area contributed by atoms with Crippen LogP contribution in [0.1, 0.15) is 31.1 Å². The standard InChI is InChI=1S/C20H25N3O2S/c1-14(2)25-17-8-6-15(7-9-17)18(24)12-21-11-16-13-23(3)22-20(16)19-5-4-10-26-19/h4-10,13-14,18,21,24H,11-12H2,1-3H3. The molecule has 0 aliphatic carbocycles. The van der Waals surface area contributed by atoms with E-state index in [2.05, 4.69) is 21.9 Å². The Kier molecular flexibility index (Phi) is 6.08. The van der Waals surface area contributed by atoms with Crippen molar-refractivity contribution in [3.8, 4) is 16.3 Å². The maximum absolute atomic E-state index is 10.4. The number of rotatable bonds is 8. The monoisotopic (exact) mass is 371 g/mol. The molecule has 0 aliphatic rings. The molecular weight excluding hydrogens is 346 g/mol. The van der Waals surface area contributed by atoms with E-state index in [0.29, 0.717) is 13.1 Å². The average Bonchev–Trinajstić information content (AvgIpc) is 3.24. The highest BCUT2D eigenvalue weighted by Gasteiger charge is 2.12. The van der Waals surface area contributed by atoms with Gasteiger partial charge >= 0.3 is 0 Å². The Balaban J connectivity index is 1.57. The van der Waals surface area contributed by atoms with E-state index in [-0.39, 0.29) is 6.10 Å². The fourth-order valence-corrected chi connectivity index (χ4v) is 3.53. The first-order valence-corrected chi connectivity index (χ1v) is 9.62. The number of hydrogen-bond donors (Lipinski definition) is 2. The molecule has 0 bridgehead atoms. The van der Waals surface area contributed by atoms with Crippen LogP contribution < -0.4 is 10.1 Å². The van der Waals surface area contributed by atoms with Gasteiger partial charge in [-0.2, -0.15) is 5.10 Å². The topological polar surface area (TPSA) is 59.3 Å². The number of aliphatic hydroxyl groups is 1. The van der Waals surface area contributed by atoms with Crippen LogP contribution in [0.3, 0.4) is 0 Å². The van der Waals surface area contributed by atoms with Gasteiger partial charge in [-0.05, 0) is 43.0 Å². The van der Waals surface area contributed by atoms with Crippen LogP contribution in [0.2, 0.25) is 0 Å². The van der Waals surface area contributed by atoms with Crippen molar-refractivity contribution < 1.29 is 9.84 Å². The Morgan fingerprint density at radius 1 is 1.23 bits per heavy atom. The highest BCUT2D eigenvalue weighted by molar-refractivity contribution is 7.13. The zero-order valence-electron chi connectivity index (χ0n) is 15.3. The summed E-state index contributed by atoms with van der Waals surface area (Å²) < 4.78 is 7.46. The lowest BCUT2D eigenvalue weighted by Crippen LogP contribution is -2.21. The van der Waals surface area contributed by atoms with Gasteiger partial charge in [-0.3, -0.25) is 4.68 Å². The molecule has 0 radical (unpaired) electrons. The molecule has 1 atom stereocenters. The van der Waals surface area contributed by atoms with E-state index in [1.165, 1.54) is 0 Å². The second kappa shape index (κ2) is 8.49. The zero-order valence-corrected chi connectivity index (χ0v) is 16.2. The molecule has 3 aromatic rings. The smallest absolute Gasteiger partial charge is 0.119 e. The van der Waals surface area contributed by atoms with E-state index in [9.17, 15) is 5.11 Å². The fraction of sp³-hybridized carbons (Fsp3) is 0.350. The lowest BCUT2D eigenvalue weighted by molar-refractivity contribution is 0.174. The number of ether oxygens (including phenoxy) is 1. The van der Waals surface area contributed by atoms with Crippen LogP contribution in [0.4, 0.5) is 0 Å². The van der Waals surface area contributed by atoms with Crippen molar-refractivity contribution >= 4 is 11.3 Å². The molecule has 2 aromatic heterocycles. The first-order chi connectivity index (χ1) is 12.5. The normalized spacial score (nSPS) is 12.5. The molecule has 0 amide bonds. The van der Waals surface area contributed by atoms with Crippen LogP contribution in [0, 0.1) is 0 Å². The molecule has 0 spiro atoms. The molecule has 2 heterocycles. The molecular formula is C20H25N3O2S. The SMILES string of the molecule is CC(C)Oc1ccc(C(O)CNCc2cn(C)nc2-c2cccs2)cc1. The lowest BCUT2D eigenvalue weighted by Gasteiger charge is -2.14. The minimum absolute atomic E-state index is 0.143. The summed E-state index contributed by atoms with van der Waals surface area (Å²) >= 11 is 1.68. The predicted octanol–water partition coefficient (Wildman–Crippen LogP) is 3.76. The molecule has 26 heavy (non-hydrogen) atoms. The highest BCUT2D eigenvalue weighted by atomic mass is 32.1. The lowest BCUT2D eigenvalue weighted by atomic mass is 10.1. The van der Waals surface area contributed by atoms with E-state index in [4.69, 9.17) is 4.74 Å². The van der Waals surface area contributed by atoms with Crippen LogP contribution in [-0.2, 0) is 13.6 Å². The number of nitrogens with one attached hydrogen (secondary N) is 1. The predicted molar refractivity (Wildman–Crippen MR) is 105 cm³/mol. The van der Waals surface area contributed by atoms with Gasteiger partial charge < -0.3 is 15.2 Å². The molecule has 6 heteroatoms. The van der Waals surface area contributed by atoms with E-state index >= 15 is 0 Å². The number of thiophene rings is 1. The summed E-state index contributed by atoms with van der Waals surface area (Å²) in [6, 6.07) is 11.7. The van der Waals surface area contributed by atoms with Crippen LogP contribution in [0.15, 0.2) is 48.0 Å². The second-order valence-electron chi connectivity index (χ2n) is 6.54. The van der Waals surface area contributed by atoms with Crippen molar-refractivity contribution in [2.45, 2.75) is 32.6 Å². The number of aryl methyl sites for hydroxylation is 1. The van der Waals surface area contributed by atoms with Gasteiger partial charge in [0.05, 0.1) is 17.1 Å². The van der Waals surface area contributed by atoms with Crippen LogP contribution in [0.25, 0.3) is 10.6 Å². The minimum Gasteiger partial charge on any atom is -0.491 e. The van der Waals surface area contributed by atoms with Crippen LogP contribution >= 0.6 is 11.3 Å². The summed E-state index contributed by atoms with van der Waals surface area (Å²) in [5, 5.41) is 20.3. The van der Waals surface area contributed by atoms with Crippen molar-refractivity contribution in [2.75, 3.05) is 6.54 Å². The van der Waals surface area contributed by atoms with Gasteiger partial charge in [-0.15, -0.1) is 11.3 Å². The Morgan fingerprint density at radius 2 is 2.00 bits per heavy atom. The number of nitrogens with zero attached hydrogens (tertiary/aromatic N) is 2. The summed E-state index contributed by atoms with van der Waals surface area (Å²) in [6.45, 7) is 5.13. The summed E-state index contributed by atoms with van der Waals surface area (Å²) in [5.74, 6) is 0.819. The van der Waals surface area contributed by atoms with Gasteiger partial charge in [0, 0.05) is 31.9 Å². The second-order valence-corrected chi connectivity index (χ2v) is 7.48. The Hall–Kier alpha value is -2.15. The van der Waals surface area contributed by atoms with E-state index in [0.717, 1.165) is 27.4 Å². The molecule has 0 saturated carbocycles. The first kappa shape index (κ1) is 18.6. The van der Waals surface area contributed by atoms with Crippen LogP contribution in [0.5, 0.6) is 5.75 Å². The Labute approximate surface area is 158 Å². The van der Waals surface area contributed by atoms with Gasteiger partial charge in [0.2, 0.25) is 0 Å². The summed E-state index contributed by atoms with van der Waals surface area (Å²) in [6.07, 6.45) is 1.60. The van der Waals surface area contributed by atoms with Gasteiger partial charge in [-0.1, -0.05) is 18.2 Å². The molecule has 3 rings (SSSR count). The maximum atomic E-state index is 10.4. The molecule has 1 aromatic carbocycles. The van der Waals surface area contributed by atoms with Gasteiger partial charge in [0.1, 0.15) is 11.4 Å². The Bertz CT molecular complexity index is 810. The molecule has 138 valence electrons. The van der Waals surface area contributed by atoms with E-state index in [1.807, 2.05) is 62.1 Å². The van der Waals surface area contributed by atoms with Crippen molar-refractivity contribution in [1.29, 1.82) is 0 Å². The van der Waals surface area contributed by atoms with Crippen LogP contribution in [-0.4, -0.2) is 27.5 Å². The van der Waals surface area contributed by atoms with Gasteiger partial charge in [-0.25, -0.2) is 0 Å². The molecule has 0 aliphatic heterocycles. The minimum atomic E-state index is -0.565. The maximum Gasteiger partial charge on any atom is 0.119 e. The molecule has 5 nitrogen and oxygen atoms in total. The van der Waals surface area contributed by atoms with Crippen molar-refractivity contribution in [2.24, 2.45) is 7.05 Å². The molecule has 2 N–H and O–H groups in total. The molecule has 0 saturated heterocycles. The zero-order chi connectivity index (χ0) is 18.5. The Morgan fingerprint density at radius 3 is 2.65 bits per heavy atom. The van der Waals surface area contributed by atoms with E-state index in [1.54, 1.807) is 11.3 Å². The first-order valence-electron chi connectivity index (χ1n) is 8.74. The van der Waals surface area contributed by atoms with Crippen molar-refractivity contribution in [3.05, 3.63) is 59.1 Å². The number of aliphatic hydroxyl groups excluding tert-OH is 1. The molecule has 1 unspecified atom stereocenters. The highest BCUT2D eigenvalue weighted by Crippen LogP contribution is 2.26. The quantitative estimate of drug-likeness (QED) is 0.633. The molecule has 0 fully saturated rings. The third-order valence-corrected chi connectivity index (χ3v) is 4.83. The fourth-order valence-electron chi connectivity index (χ4n) is 2.79. The van der Waals surface area contributed by atoms with Gasteiger partial charge in [0.25, 0.3) is 0 Å². The number of hydrogen-bond acceptors (Lipinski definition) is 5.